The highest BCUT2D eigenvalue weighted by molar-refractivity contribution is 7.18. The van der Waals surface area contributed by atoms with Crippen molar-refractivity contribution in [2.45, 2.75) is 18.8 Å². The fourth-order valence-electron chi connectivity index (χ4n) is 3.24. The standard InChI is InChI=1S/C17H15Cl2NO4S/c1-17(7-13(21)22)8-20(16(23)11-5-6-12(18)25-11)9-3-4-10(24-2)15(19)14(9)17/h3-6H,7-8H2,1-2H3,(H,21,22). The first-order chi connectivity index (χ1) is 11.8. The van der Waals surface area contributed by atoms with E-state index >= 15 is 0 Å². The zero-order chi connectivity index (χ0) is 18.4. The number of carbonyl (C=O) groups excluding carboxylic acids is 1. The van der Waals surface area contributed by atoms with Gasteiger partial charge in [-0.1, -0.05) is 30.1 Å². The Hall–Kier alpha value is -1.76. The van der Waals surface area contributed by atoms with Gasteiger partial charge in [-0.3, -0.25) is 9.59 Å². The van der Waals surface area contributed by atoms with Crippen molar-refractivity contribution in [3.63, 3.8) is 0 Å². The molecule has 3 rings (SSSR count). The highest BCUT2D eigenvalue weighted by Gasteiger charge is 2.45. The molecule has 1 unspecified atom stereocenters. The van der Waals surface area contributed by atoms with Crippen LogP contribution in [0.15, 0.2) is 24.3 Å². The van der Waals surface area contributed by atoms with Crippen molar-refractivity contribution >= 4 is 52.1 Å². The summed E-state index contributed by atoms with van der Waals surface area (Å²) in [6.07, 6.45) is -0.151. The van der Waals surface area contributed by atoms with Gasteiger partial charge in [0.2, 0.25) is 0 Å². The zero-order valence-electron chi connectivity index (χ0n) is 13.5. The molecule has 1 aromatic carbocycles. The smallest absolute Gasteiger partial charge is 0.304 e. The van der Waals surface area contributed by atoms with E-state index in [0.29, 0.717) is 31.2 Å². The molecule has 1 atom stereocenters. The maximum Gasteiger partial charge on any atom is 0.304 e. The van der Waals surface area contributed by atoms with E-state index in [1.165, 1.54) is 18.4 Å². The minimum absolute atomic E-state index is 0.151. The van der Waals surface area contributed by atoms with Gasteiger partial charge < -0.3 is 14.7 Å². The third-order valence-electron chi connectivity index (χ3n) is 4.28. The van der Waals surface area contributed by atoms with Gasteiger partial charge in [-0.25, -0.2) is 0 Å². The van der Waals surface area contributed by atoms with E-state index in [4.69, 9.17) is 27.9 Å². The summed E-state index contributed by atoms with van der Waals surface area (Å²) in [7, 11) is 1.49. The number of methoxy groups -OCH3 is 1. The molecular weight excluding hydrogens is 385 g/mol. The van der Waals surface area contributed by atoms with Crippen molar-refractivity contribution in [2.75, 3.05) is 18.6 Å². The van der Waals surface area contributed by atoms with Crippen LogP contribution in [0.25, 0.3) is 0 Å². The Morgan fingerprint density at radius 2 is 2.04 bits per heavy atom. The number of carboxylic acids is 1. The fourth-order valence-corrected chi connectivity index (χ4v) is 4.70. The van der Waals surface area contributed by atoms with Gasteiger partial charge in [-0.05, 0) is 24.3 Å². The molecule has 1 N–H and O–H groups in total. The second-order valence-electron chi connectivity index (χ2n) is 6.10. The van der Waals surface area contributed by atoms with Crippen LogP contribution in [0.1, 0.15) is 28.6 Å². The lowest BCUT2D eigenvalue weighted by atomic mass is 9.81. The molecule has 25 heavy (non-hydrogen) atoms. The van der Waals surface area contributed by atoms with Gasteiger partial charge >= 0.3 is 5.97 Å². The second kappa shape index (κ2) is 6.52. The molecule has 0 saturated heterocycles. The highest BCUT2D eigenvalue weighted by Crippen LogP contribution is 2.50. The number of carboxylic acid groups (broad SMARTS) is 1. The average Bonchev–Trinajstić information content (AvgIpc) is 3.08. The lowest BCUT2D eigenvalue weighted by Gasteiger charge is -2.24. The molecule has 8 heteroatoms. The van der Waals surface area contributed by atoms with Gasteiger partial charge in [-0.15, -0.1) is 11.3 Å². The first kappa shape index (κ1) is 18.0. The first-order valence-corrected chi connectivity index (χ1v) is 9.00. The molecule has 1 aliphatic heterocycles. The first-order valence-electron chi connectivity index (χ1n) is 7.43. The predicted octanol–water partition coefficient (Wildman–Crippen LogP) is 4.46. The lowest BCUT2D eigenvalue weighted by Crippen LogP contribution is -2.36. The van der Waals surface area contributed by atoms with Gasteiger partial charge in [0.15, 0.2) is 0 Å². The quantitative estimate of drug-likeness (QED) is 0.823. The largest absolute Gasteiger partial charge is 0.495 e. The third-order valence-corrected chi connectivity index (χ3v) is 5.87. The van der Waals surface area contributed by atoms with Crippen LogP contribution in [0.2, 0.25) is 9.36 Å². The molecule has 1 aromatic heterocycles. The topological polar surface area (TPSA) is 66.8 Å². The Bertz CT molecular complexity index is 866. The summed E-state index contributed by atoms with van der Waals surface area (Å²) in [5, 5.41) is 9.67. The Labute approximate surface area is 158 Å². The molecular formula is C17H15Cl2NO4S. The maximum absolute atomic E-state index is 12.9. The SMILES string of the molecule is COc1ccc2c(c1Cl)C(C)(CC(=O)O)CN2C(=O)c1ccc(Cl)s1. The number of hydrogen-bond donors (Lipinski definition) is 1. The van der Waals surface area contributed by atoms with E-state index in [-0.39, 0.29) is 18.9 Å². The van der Waals surface area contributed by atoms with E-state index in [1.54, 1.807) is 36.1 Å². The molecule has 0 spiro atoms. The van der Waals surface area contributed by atoms with Gasteiger partial charge in [0.25, 0.3) is 5.91 Å². The monoisotopic (exact) mass is 399 g/mol. The summed E-state index contributed by atoms with van der Waals surface area (Å²) in [6.45, 7) is 2.01. The lowest BCUT2D eigenvalue weighted by molar-refractivity contribution is -0.138. The number of carbonyl (C=O) groups is 2. The molecule has 1 amide bonds. The number of benzene rings is 1. The van der Waals surface area contributed by atoms with E-state index in [0.717, 1.165) is 0 Å². The molecule has 2 aromatic rings. The summed E-state index contributed by atoms with van der Waals surface area (Å²) in [4.78, 5) is 26.4. The number of nitrogens with zero attached hydrogens (tertiary/aromatic N) is 1. The molecule has 132 valence electrons. The average molecular weight is 400 g/mol. The zero-order valence-corrected chi connectivity index (χ0v) is 15.8. The number of anilines is 1. The van der Waals surface area contributed by atoms with Crippen molar-refractivity contribution < 1.29 is 19.4 Å². The molecule has 2 heterocycles. The van der Waals surface area contributed by atoms with Gasteiger partial charge in [0.1, 0.15) is 5.75 Å². The van der Waals surface area contributed by atoms with Crippen molar-refractivity contribution in [2.24, 2.45) is 0 Å². The van der Waals surface area contributed by atoms with Crippen LogP contribution in [0.4, 0.5) is 5.69 Å². The molecule has 0 saturated carbocycles. The van der Waals surface area contributed by atoms with E-state index in [2.05, 4.69) is 0 Å². The van der Waals surface area contributed by atoms with Crippen molar-refractivity contribution in [1.29, 1.82) is 0 Å². The van der Waals surface area contributed by atoms with Crippen molar-refractivity contribution in [3.8, 4) is 5.75 Å². The summed E-state index contributed by atoms with van der Waals surface area (Å²) in [5.41, 5.74) is 0.403. The van der Waals surface area contributed by atoms with Crippen LogP contribution in [0, 0.1) is 0 Å². The number of rotatable bonds is 4. The third kappa shape index (κ3) is 3.10. The minimum Gasteiger partial charge on any atom is -0.495 e. The number of ether oxygens (including phenoxy) is 1. The number of thiophene rings is 1. The normalized spacial score (nSPS) is 19.0. The Kier molecular flexibility index (Phi) is 4.70. The number of aliphatic carboxylic acids is 1. The number of halogens is 2. The minimum atomic E-state index is -0.958. The maximum atomic E-state index is 12.9. The van der Waals surface area contributed by atoms with Crippen LogP contribution in [0.3, 0.4) is 0 Å². The van der Waals surface area contributed by atoms with Crippen LogP contribution in [0.5, 0.6) is 5.75 Å². The summed E-state index contributed by atoms with van der Waals surface area (Å²) in [5.74, 6) is -0.736. The van der Waals surface area contributed by atoms with Crippen LogP contribution < -0.4 is 9.64 Å². The van der Waals surface area contributed by atoms with Gasteiger partial charge in [-0.2, -0.15) is 0 Å². The predicted molar refractivity (Wildman–Crippen MR) is 98.6 cm³/mol. The molecule has 1 aliphatic rings. The Morgan fingerprint density at radius 1 is 1.32 bits per heavy atom. The molecule has 0 fully saturated rings. The highest BCUT2D eigenvalue weighted by atomic mass is 35.5. The molecule has 5 nitrogen and oxygen atoms in total. The van der Waals surface area contributed by atoms with Gasteiger partial charge in [0, 0.05) is 23.2 Å². The van der Waals surface area contributed by atoms with Crippen molar-refractivity contribution in [3.05, 3.63) is 44.1 Å². The Balaban J connectivity index is 2.12. The Morgan fingerprint density at radius 3 is 2.60 bits per heavy atom. The van der Waals surface area contributed by atoms with E-state index in [9.17, 15) is 14.7 Å². The number of fused-ring (bicyclic) bond motifs is 1. The summed E-state index contributed by atoms with van der Waals surface area (Å²) >= 11 is 13.6. The molecule has 0 radical (unpaired) electrons. The summed E-state index contributed by atoms with van der Waals surface area (Å²) < 4.78 is 5.77. The molecule has 0 aliphatic carbocycles. The van der Waals surface area contributed by atoms with E-state index < -0.39 is 11.4 Å². The van der Waals surface area contributed by atoms with E-state index in [1.807, 2.05) is 0 Å². The summed E-state index contributed by atoms with van der Waals surface area (Å²) in [6, 6.07) is 6.73. The van der Waals surface area contributed by atoms with Crippen molar-refractivity contribution in [1.82, 2.24) is 0 Å². The van der Waals surface area contributed by atoms with Gasteiger partial charge in [0.05, 0.1) is 27.8 Å². The second-order valence-corrected chi connectivity index (χ2v) is 8.20. The number of hydrogen-bond acceptors (Lipinski definition) is 4. The fraction of sp³-hybridized carbons (Fsp3) is 0.294. The van der Waals surface area contributed by atoms with Crippen LogP contribution in [-0.4, -0.2) is 30.6 Å². The molecule has 0 bridgehead atoms. The van der Waals surface area contributed by atoms with Crippen LogP contribution in [-0.2, 0) is 10.2 Å². The number of amides is 1. The van der Waals surface area contributed by atoms with Crippen LogP contribution >= 0.6 is 34.5 Å².